The number of H-pyrrole nitrogens is 2. The molecule has 0 radical (unpaired) electrons. The van der Waals surface area contributed by atoms with E-state index in [0.29, 0.717) is 11.3 Å². The topological polar surface area (TPSA) is 108 Å². The molecule has 0 saturated carbocycles. The molecular weight excluding hydrogens is 344 g/mol. The van der Waals surface area contributed by atoms with Gasteiger partial charge in [-0.1, -0.05) is 30.3 Å². The second-order valence-electron chi connectivity index (χ2n) is 6.01. The molecule has 0 bridgehead atoms. The van der Waals surface area contributed by atoms with E-state index in [-0.39, 0.29) is 5.69 Å². The Morgan fingerprint density at radius 2 is 1.85 bits per heavy atom. The third-order valence-corrected chi connectivity index (χ3v) is 4.12. The molecule has 1 amide bonds. The van der Waals surface area contributed by atoms with Gasteiger partial charge in [-0.3, -0.25) is 29.5 Å². The fourth-order valence-electron chi connectivity index (χ4n) is 2.78. The van der Waals surface area contributed by atoms with Crippen molar-refractivity contribution in [3.05, 3.63) is 77.1 Å². The van der Waals surface area contributed by atoms with Crippen LogP contribution < -0.4 is 10.9 Å². The molecule has 0 aliphatic rings. The number of amides is 1. The van der Waals surface area contributed by atoms with Gasteiger partial charge >= 0.3 is 0 Å². The Morgan fingerprint density at radius 3 is 2.59 bits per heavy atom. The van der Waals surface area contributed by atoms with E-state index in [0.717, 1.165) is 16.7 Å². The lowest BCUT2D eigenvalue weighted by Crippen LogP contribution is -2.17. The van der Waals surface area contributed by atoms with Gasteiger partial charge < -0.3 is 5.32 Å². The Bertz CT molecular complexity index is 1160. The summed E-state index contributed by atoms with van der Waals surface area (Å²) in [5, 5.41) is 12.1. The quantitative estimate of drug-likeness (QED) is 0.519. The molecule has 134 valence electrons. The first-order chi connectivity index (χ1) is 13.1. The number of hydrogen-bond acceptors (Lipinski definition) is 4. The number of carbonyl (C=O) groups is 1. The number of hydrogen-bond donors (Lipinski definition) is 3. The van der Waals surface area contributed by atoms with Crippen LogP contribution in [-0.2, 0) is 7.05 Å². The monoisotopic (exact) mass is 360 g/mol. The Kier molecular flexibility index (Phi) is 4.13. The van der Waals surface area contributed by atoms with Crippen LogP contribution in [0.4, 0.5) is 5.69 Å². The van der Waals surface area contributed by atoms with Crippen LogP contribution >= 0.6 is 0 Å². The summed E-state index contributed by atoms with van der Waals surface area (Å²) in [5.41, 5.74) is 3.03. The Hall–Kier alpha value is -3.94. The molecule has 1 aromatic carbocycles. The number of nitrogens with zero attached hydrogens (tertiary/aromatic N) is 3. The van der Waals surface area contributed by atoms with E-state index < -0.39 is 11.5 Å². The van der Waals surface area contributed by atoms with Crippen molar-refractivity contribution in [3.63, 3.8) is 0 Å². The van der Waals surface area contributed by atoms with Gasteiger partial charge in [-0.2, -0.15) is 5.10 Å². The molecule has 0 fully saturated rings. The number of nitrogens with one attached hydrogen (secondary N) is 3. The second kappa shape index (κ2) is 6.75. The molecule has 0 aliphatic carbocycles. The zero-order chi connectivity index (χ0) is 18.8. The molecule has 8 heteroatoms. The first-order valence-corrected chi connectivity index (χ1v) is 8.23. The zero-order valence-corrected chi connectivity index (χ0v) is 14.4. The number of carbonyl (C=O) groups excluding carboxylic acids is 1. The molecule has 3 aromatic heterocycles. The van der Waals surface area contributed by atoms with Gasteiger partial charge in [0.25, 0.3) is 11.5 Å². The fraction of sp³-hybridized carbons (Fsp3) is 0.0526. The summed E-state index contributed by atoms with van der Waals surface area (Å²) in [6, 6.07) is 11.0. The summed E-state index contributed by atoms with van der Waals surface area (Å²) in [6.07, 6.45) is 6.65. The number of aryl methyl sites for hydroxylation is 1. The predicted molar refractivity (Wildman–Crippen MR) is 101 cm³/mol. The van der Waals surface area contributed by atoms with Gasteiger partial charge in [-0.05, 0) is 6.07 Å². The average Bonchev–Trinajstić information content (AvgIpc) is 3.29. The molecule has 0 atom stereocenters. The number of rotatable bonds is 4. The number of pyridine rings is 1. The number of anilines is 1. The minimum Gasteiger partial charge on any atom is -0.315 e. The number of aromatic amines is 2. The van der Waals surface area contributed by atoms with Crippen LogP contribution in [0.5, 0.6) is 0 Å². The summed E-state index contributed by atoms with van der Waals surface area (Å²) in [7, 11) is 1.82. The lowest BCUT2D eigenvalue weighted by atomic mass is 10.1. The van der Waals surface area contributed by atoms with Crippen LogP contribution in [0.1, 0.15) is 10.4 Å². The standard InChI is InChI=1S/C19H16N6O2/c1-25-11-15(10-21-25)13-7-14(9-20-8-13)18(26)22-17-16(23-24-19(17)27)12-5-3-2-4-6-12/h2-11H,1H3,(H,22,26)(H2,23,24,27). The molecule has 4 rings (SSSR count). The van der Waals surface area contributed by atoms with Gasteiger partial charge in [-0.25, -0.2) is 0 Å². The van der Waals surface area contributed by atoms with Crippen LogP contribution in [0.2, 0.25) is 0 Å². The normalized spacial score (nSPS) is 10.7. The minimum atomic E-state index is -0.421. The summed E-state index contributed by atoms with van der Waals surface area (Å²) in [6.45, 7) is 0. The van der Waals surface area contributed by atoms with Crippen molar-refractivity contribution in [1.82, 2.24) is 25.0 Å². The van der Waals surface area contributed by atoms with Crippen LogP contribution in [0.25, 0.3) is 22.4 Å². The van der Waals surface area contributed by atoms with E-state index in [2.05, 4.69) is 25.6 Å². The van der Waals surface area contributed by atoms with Crippen molar-refractivity contribution in [2.45, 2.75) is 0 Å². The summed E-state index contributed by atoms with van der Waals surface area (Å²) >= 11 is 0. The smallest absolute Gasteiger partial charge is 0.288 e. The maximum Gasteiger partial charge on any atom is 0.288 e. The number of benzene rings is 1. The maximum atomic E-state index is 12.7. The zero-order valence-electron chi connectivity index (χ0n) is 14.4. The number of aromatic nitrogens is 5. The van der Waals surface area contributed by atoms with Crippen LogP contribution in [0, 0.1) is 0 Å². The summed E-state index contributed by atoms with van der Waals surface area (Å²) in [4.78, 5) is 29.0. The molecule has 4 aromatic rings. The molecule has 0 saturated heterocycles. The molecule has 0 spiro atoms. The highest BCUT2D eigenvalue weighted by atomic mass is 16.2. The van der Waals surface area contributed by atoms with E-state index in [9.17, 15) is 9.59 Å². The minimum absolute atomic E-state index is 0.165. The second-order valence-corrected chi connectivity index (χ2v) is 6.01. The molecule has 8 nitrogen and oxygen atoms in total. The summed E-state index contributed by atoms with van der Waals surface area (Å²) < 4.78 is 1.67. The van der Waals surface area contributed by atoms with Crippen molar-refractivity contribution >= 4 is 11.6 Å². The Labute approximate surface area is 153 Å². The first kappa shape index (κ1) is 16.5. The van der Waals surface area contributed by atoms with Crippen molar-refractivity contribution < 1.29 is 4.79 Å². The van der Waals surface area contributed by atoms with E-state index >= 15 is 0 Å². The van der Waals surface area contributed by atoms with Crippen LogP contribution in [-0.4, -0.2) is 30.9 Å². The first-order valence-electron chi connectivity index (χ1n) is 8.23. The average molecular weight is 360 g/mol. The van der Waals surface area contributed by atoms with Crippen LogP contribution in [0.3, 0.4) is 0 Å². The van der Waals surface area contributed by atoms with Crippen LogP contribution in [0.15, 0.2) is 66.0 Å². The molecule has 3 N–H and O–H groups in total. The van der Waals surface area contributed by atoms with Crippen molar-refractivity contribution in [2.24, 2.45) is 7.05 Å². The van der Waals surface area contributed by atoms with E-state index in [1.54, 1.807) is 23.1 Å². The van der Waals surface area contributed by atoms with E-state index in [4.69, 9.17) is 0 Å². The van der Waals surface area contributed by atoms with Crippen molar-refractivity contribution in [3.8, 4) is 22.4 Å². The van der Waals surface area contributed by atoms with E-state index in [1.807, 2.05) is 43.6 Å². The highest BCUT2D eigenvalue weighted by Crippen LogP contribution is 2.23. The lowest BCUT2D eigenvalue weighted by molar-refractivity contribution is 0.102. The maximum absolute atomic E-state index is 12.7. The SMILES string of the molecule is Cn1cc(-c2cncc(C(=O)Nc3c(-c4ccccc4)[nH][nH]c3=O)c2)cn1. The van der Waals surface area contributed by atoms with Gasteiger partial charge in [0.1, 0.15) is 5.69 Å². The Morgan fingerprint density at radius 1 is 1.04 bits per heavy atom. The molecule has 3 heterocycles. The third-order valence-electron chi connectivity index (χ3n) is 4.12. The van der Waals surface area contributed by atoms with Gasteiger partial charge in [0, 0.05) is 42.3 Å². The highest BCUT2D eigenvalue weighted by molar-refractivity contribution is 6.06. The van der Waals surface area contributed by atoms with Crippen molar-refractivity contribution in [1.29, 1.82) is 0 Å². The Balaban J connectivity index is 1.64. The fourth-order valence-corrected chi connectivity index (χ4v) is 2.78. The van der Waals surface area contributed by atoms with Gasteiger partial charge in [0.05, 0.1) is 17.5 Å². The highest BCUT2D eigenvalue weighted by Gasteiger charge is 2.16. The van der Waals surface area contributed by atoms with Gasteiger partial charge in [0.2, 0.25) is 0 Å². The van der Waals surface area contributed by atoms with E-state index in [1.165, 1.54) is 6.20 Å². The molecule has 27 heavy (non-hydrogen) atoms. The third kappa shape index (κ3) is 3.28. The molecular formula is C19H16N6O2. The lowest BCUT2D eigenvalue weighted by Gasteiger charge is -2.06. The summed E-state index contributed by atoms with van der Waals surface area (Å²) in [5.74, 6) is -0.421. The largest absolute Gasteiger partial charge is 0.315 e. The molecule has 0 aliphatic heterocycles. The van der Waals surface area contributed by atoms with Crippen molar-refractivity contribution in [2.75, 3.05) is 5.32 Å². The van der Waals surface area contributed by atoms with Gasteiger partial charge in [0.15, 0.2) is 0 Å². The predicted octanol–water partition coefficient (Wildman–Crippen LogP) is 2.42. The molecule has 0 unspecified atom stereocenters. The van der Waals surface area contributed by atoms with Gasteiger partial charge in [-0.15, -0.1) is 0 Å².